The molecule has 2 aromatic heterocycles. The van der Waals surface area contributed by atoms with Gasteiger partial charge in [0, 0.05) is 12.4 Å². The molecule has 6 nitrogen and oxygen atoms in total. The number of amides is 1. The Morgan fingerprint density at radius 2 is 1.94 bits per heavy atom. The summed E-state index contributed by atoms with van der Waals surface area (Å²) in [5.41, 5.74) is 0.317. The molecule has 0 fully saturated rings. The normalized spacial score (nSPS) is 9.88. The van der Waals surface area contributed by atoms with Crippen molar-refractivity contribution in [2.75, 3.05) is 5.32 Å². The summed E-state index contributed by atoms with van der Waals surface area (Å²) in [6.07, 6.45) is 4.09. The van der Waals surface area contributed by atoms with Crippen LogP contribution in [0.2, 0.25) is 0 Å². The summed E-state index contributed by atoms with van der Waals surface area (Å²) >= 11 is 0.992. The lowest BCUT2D eigenvalue weighted by molar-refractivity contribution is 0.0702. The highest BCUT2D eigenvalue weighted by atomic mass is 32.1. The van der Waals surface area contributed by atoms with Gasteiger partial charge in [0.2, 0.25) is 0 Å². The number of carbonyl (C=O) groups excluding carboxylic acids is 1. The Labute approximate surface area is 100.0 Å². The molecule has 2 rings (SSSR count). The van der Waals surface area contributed by atoms with E-state index in [1.807, 2.05) is 0 Å². The van der Waals surface area contributed by atoms with E-state index in [9.17, 15) is 9.59 Å². The van der Waals surface area contributed by atoms with Crippen molar-refractivity contribution >= 4 is 28.2 Å². The number of hydrogen-bond acceptors (Lipinski definition) is 5. The number of aromatic nitrogens is 2. The fourth-order valence-corrected chi connectivity index (χ4v) is 1.86. The van der Waals surface area contributed by atoms with E-state index in [0.29, 0.717) is 10.6 Å². The molecular formula is C10H7N3O3S. The zero-order valence-electron chi connectivity index (χ0n) is 8.45. The Balaban J connectivity index is 2.11. The summed E-state index contributed by atoms with van der Waals surface area (Å²) in [4.78, 5) is 29.9. The molecule has 0 bridgehead atoms. The lowest BCUT2D eigenvalue weighted by atomic mass is 10.3. The third-order valence-electron chi connectivity index (χ3n) is 1.88. The molecule has 86 valence electrons. The van der Waals surface area contributed by atoms with Crippen LogP contribution in [0.3, 0.4) is 0 Å². The minimum atomic E-state index is -1.02. The van der Waals surface area contributed by atoms with E-state index in [2.05, 4.69) is 15.3 Å². The first-order chi connectivity index (χ1) is 8.16. The van der Waals surface area contributed by atoms with Crippen LogP contribution in [0.25, 0.3) is 0 Å². The van der Waals surface area contributed by atoms with E-state index in [1.54, 1.807) is 0 Å². The predicted molar refractivity (Wildman–Crippen MR) is 61.3 cm³/mol. The van der Waals surface area contributed by atoms with Gasteiger partial charge in [-0.1, -0.05) is 0 Å². The number of carboxylic acid groups (broad SMARTS) is 1. The number of anilines is 1. The molecule has 2 N–H and O–H groups in total. The summed E-state index contributed by atoms with van der Waals surface area (Å²) in [5.74, 6) is -1.39. The van der Waals surface area contributed by atoms with Crippen molar-refractivity contribution in [1.82, 2.24) is 9.97 Å². The van der Waals surface area contributed by atoms with Crippen molar-refractivity contribution in [3.05, 3.63) is 41.3 Å². The number of carbonyl (C=O) groups is 2. The Morgan fingerprint density at radius 1 is 1.24 bits per heavy atom. The Hall–Kier alpha value is -2.28. The molecule has 2 heterocycles. The molecule has 0 radical (unpaired) electrons. The van der Waals surface area contributed by atoms with Crippen LogP contribution in [0.4, 0.5) is 5.00 Å². The minimum Gasteiger partial charge on any atom is -0.477 e. The highest BCUT2D eigenvalue weighted by Crippen LogP contribution is 2.22. The maximum absolute atomic E-state index is 11.7. The van der Waals surface area contributed by atoms with Crippen LogP contribution in [0, 0.1) is 0 Å². The average Bonchev–Trinajstić information content (AvgIpc) is 2.79. The summed E-state index contributed by atoms with van der Waals surface area (Å²) in [7, 11) is 0. The first-order valence-corrected chi connectivity index (χ1v) is 5.38. The largest absolute Gasteiger partial charge is 0.477 e. The third-order valence-corrected chi connectivity index (χ3v) is 2.86. The maximum Gasteiger partial charge on any atom is 0.345 e. The lowest BCUT2D eigenvalue weighted by Crippen LogP contribution is -2.11. The van der Waals surface area contributed by atoms with Crippen molar-refractivity contribution in [3.63, 3.8) is 0 Å². The quantitative estimate of drug-likeness (QED) is 0.859. The van der Waals surface area contributed by atoms with Gasteiger partial charge >= 0.3 is 5.97 Å². The molecule has 0 saturated carbocycles. The number of rotatable bonds is 3. The van der Waals surface area contributed by atoms with Gasteiger partial charge in [-0.3, -0.25) is 4.79 Å². The topological polar surface area (TPSA) is 92.2 Å². The zero-order chi connectivity index (χ0) is 12.3. The second-order valence-corrected chi connectivity index (χ2v) is 4.13. The third kappa shape index (κ3) is 2.64. The van der Waals surface area contributed by atoms with Crippen LogP contribution in [-0.2, 0) is 0 Å². The molecule has 0 aromatic carbocycles. The van der Waals surface area contributed by atoms with Crippen molar-refractivity contribution in [2.45, 2.75) is 0 Å². The SMILES string of the molecule is O=C(Nc1ccc(C(=O)O)s1)c1cncnc1. The molecule has 0 atom stereocenters. The van der Waals surface area contributed by atoms with Crippen molar-refractivity contribution in [1.29, 1.82) is 0 Å². The van der Waals surface area contributed by atoms with Crippen LogP contribution in [0.15, 0.2) is 30.9 Å². The molecule has 0 saturated heterocycles. The van der Waals surface area contributed by atoms with Gasteiger partial charge in [-0.2, -0.15) is 0 Å². The number of aromatic carboxylic acids is 1. The fraction of sp³-hybridized carbons (Fsp3) is 0. The lowest BCUT2D eigenvalue weighted by Gasteiger charge is -2.00. The molecule has 0 spiro atoms. The van der Waals surface area contributed by atoms with Crippen LogP contribution < -0.4 is 5.32 Å². The van der Waals surface area contributed by atoms with Crippen LogP contribution >= 0.6 is 11.3 Å². The van der Waals surface area contributed by atoms with Crippen LogP contribution in [-0.4, -0.2) is 27.0 Å². The van der Waals surface area contributed by atoms with E-state index >= 15 is 0 Å². The van der Waals surface area contributed by atoms with Crippen LogP contribution in [0.5, 0.6) is 0 Å². The highest BCUT2D eigenvalue weighted by molar-refractivity contribution is 7.18. The molecule has 17 heavy (non-hydrogen) atoms. The standard InChI is InChI=1S/C10H7N3O3S/c14-9(6-3-11-5-12-4-6)13-8-2-1-7(17-8)10(15)16/h1-5H,(H,13,14)(H,15,16). The van der Waals surface area contributed by atoms with Crippen molar-refractivity contribution in [3.8, 4) is 0 Å². The molecule has 1 amide bonds. The van der Waals surface area contributed by atoms with Gasteiger partial charge < -0.3 is 10.4 Å². The number of nitrogens with one attached hydrogen (secondary N) is 1. The van der Waals surface area contributed by atoms with E-state index in [4.69, 9.17) is 5.11 Å². The van der Waals surface area contributed by atoms with E-state index in [1.165, 1.54) is 30.9 Å². The Bertz CT molecular complexity index is 553. The summed E-state index contributed by atoms with van der Waals surface area (Å²) < 4.78 is 0. The molecule has 0 unspecified atom stereocenters. The van der Waals surface area contributed by atoms with Gasteiger partial charge in [-0.05, 0) is 12.1 Å². The molecule has 0 aliphatic carbocycles. The number of nitrogens with zero attached hydrogens (tertiary/aromatic N) is 2. The zero-order valence-corrected chi connectivity index (χ0v) is 9.27. The van der Waals surface area contributed by atoms with Gasteiger partial charge in [0.25, 0.3) is 5.91 Å². The second-order valence-electron chi connectivity index (χ2n) is 3.05. The van der Waals surface area contributed by atoms with Crippen LogP contribution in [0.1, 0.15) is 20.0 Å². The number of carboxylic acids is 1. The molecule has 0 aliphatic heterocycles. The van der Waals surface area contributed by atoms with Gasteiger partial charge in [0.15, 0.2) is 0 Å². The minimum absolute atomic E-state index is 0.171. The van der Waals surface area contributed by atoms with Gasteiger partial charge in [-0.15, -0.1) is 11.3 Å². The monoisotopic (exact) mass is 249 g/mol. The van der Waals surface area contributed by atoms with Gasteiger partial charge in [-0.25, -0.2) is 14.8 Å². The molecule has 2 aromatic rings. The first-order valence-electron chi connectivity index (χ1n) is 4.56. The number of hydrogen-bond donors (Lipinski definition) is 2. The Kier molecular flexibility index (Phi) is 3.10. The summed E-state index contributed by atoms with van der Waals surface area (Å²) in [5, 5.41) is 11.8. The molecule has 7 heteroatoms. The summed E-state index contributed by atoms with van der Waals surface area (Å²) in [6, 6.07) is 2.97. The number of thiophene rings is 1. The average molecular weight is 249 g/mol. The smallest absolute Gasteiger partial charge is 0.345 e. The first kappa shape index (κ1) is 11.2. The summed E-state index contributed by atoms with van der Waals surface area (Å²) in [6.45, 7) is 0. The Morgan fingerprint density at radius 3 is 2.53 bits per heavy atom. The molecular weight excluding hydrogens is 242 g/mol. The van der Waals surface area contributed by atoms with E-state index < -0.39 is 5.97 Å². The van der Waals surface area contributed by atoms with E-state index in [0.717, 1.165) is 11.3 Å². The van der Waals surface area contributed by atoms with Crippen molar-refractivity contribution in [2.24, 2.45) is 0 Å². The predicted octanol–water partition coefficient (Wildman–Crippen LogP) is 1.49. The van der Waals surface area contributed by atoms with Gasteiger partial charge in [0.05, 0.1) is 10.6 Å². The highest BCUT2D eigenvalue weighted by Gasteiger charge is 2.10. The van der Waals surface area contributed by atoms with Crippen molar-refractivity contribution < 1.29 is 14.7 Å². The fourth-order valence-electron chi connectivity index (χ4n) is 1.12. The van der Waals surface area contributed by atoms with E-state index in [-0.39, 0.29) is 10.8 Å². The maximum atomic E-state index is 11.7. The van der Waals surface area contributed by atoms with Gasteiger partial charge in [0.1, 0.15) is 11.2 Å². The molecule has 0 aliphatic rings. The second kappa shape index (κ2) is 4.71.